The lowest BCUT2D eigenvalue weighted by Gasteiger charge is -1.95. The van der Waals surface area contributed by atoms with Crippen LogP contribution in [-0.2, 0) is 0 Å². The van der Waals surface area contributed by atoms with Gasteiger partial charge in [0.15, 0.2) is 0 Å². The Bertz CT molecular complexity index is 303. The minimum atomic E-state index is -1.17. The maximum atomic E-state index is 12.4. The van der Waals surface area contributed by atoms with E-state index >= 15 is 0 Å². The number of halogens is 2. The quantitative estimate of drug-likeness (QED) is 0.620. The fourth-order valence-electron chi connectivity index (χ4n) is 0.573. The van der Waals surface area contributed by atoms with Gasteiger partial charge in [-0.1, -0.05) is 0 Å². The summed E-state index contributed by atoms with van der Waals surface area (Å²) in [5, 5.41) is 8.48. The van der Waals surface area contributed by atoms with E-state index in [-0.39, 0.29) is 9.26 Å². The zero-order valence-corrected chi connectivity index (χ0v) is 7.37. The highest BCUT2D eigenvalue weighted by atomic mass is 127. The molecule has 1 heterocycles. The summed E-state index contributed by atoms with van der Waals surface area (Å²) in [5.74, 6) is -1.80. The summed E-state index contributed by atoms with van der Waals surface area (Å²) >= 11 is 1.73. The van der Waals surface area contributed by atoms with Crippen molar-refractivity contribution in [1.29, 1.82) is 0 Å². The van der Waals surface area contributed by atoms with E-state index in [0.29, 0.717) is 0 Å². The van der Waals surface area contributed by atoms with E-state index < -0.39 is 11.8 Å². The summed E-state index contributed by atoms with van der Waals surface area (Å²) in [6.07, 6.45) is 0.980. The lowest BCUT2D eigenvalue weighted by Crippen LogP contribution is -2.02. The summed E-state index contributed by atoms with van der Waals surface area (Å²) in [7, 11) is 0. The predicted molar refractivity (Wildman–Crippen MR) is 43.9 cm³/mol. The lowest BCUT2D eigenvalue weighted by atomic mass is 10.3. The number of aromatic carboxylic acids is 1. The second-order valence-electron chi connectivity index (χ2n) is 1.80. The number of carboxylic acids is 1. The van der Waals surface area contributed by atoms with E-state index in [1.54, 1.807) is 22.6 Å². The Kier molecular flexibility index (Phi) is 2.38. The first-order chi connectivity index (χ1) is 5.11. The number of carboxylic acid groups (broad SMARTS) is 1. The first-order valence-electron chi connectivity index (χ1n) is 2.65. The van der Waals surface area contributed by atoms with E-state index in [9.17, 15) is 9.18 Å². The minimum Gasteiger partial charge on any atom is -0.478 e. The van der Waals surface area contributed by atoms with Gasteiger partial charge in [-0.2, -0.15) is 0 Å². The van der Waals surface area contributed by atoms with E-state index in [0.717, 1.165) is 12.3 Å². The van der Waals surface area contributed by atoms with E-state index in [2.05, 4.69) is 4.98 Å². The molecule has 5 heteroatoms. The Morgan fingerprint density at radius 3 is 2.82 bits per heavy atom. The second kappa shape index (κ2) is 3.12. The van der Waals surface area contributed by atoms with Gasteiger partial charge in [0.2, 0.25) is 0 Å². The molecule has 0 atom stereocenters. The smallest absolute Gasteiger partial charge is 0.338 e. The second-order valence-corrected chi connectivity index (χ2v) is 2.82. The van der Waals surface area contributed by atoms with Crippen LogP contribution < -0.4 is 0 Å². The maximum absolute atomic E-state index is 12.4. The van der Waals surface area contributed by atoms with Crippen LogP contribution in [0.3, 0.4) is 0 Å². The van der Waals surface area contributed by atoms with E-state index in [1.165, 1.54) is 0 Å². The minimum absolute atomic E-state index is 0.106. The third-order valence-corrected chi connectivity index (χ3v) is 1.90. The average molecular weight is 267 g/mol. The number of carbonyl (C=O) groups is 1. The molecule has 0 aliphatic rings. The number of aromatic nitrogens is 1. The summed E-state index contributed by atoms with van der Waals surface area (Å²) in [5.41, 5.74) is -0.106. The van der Waals surface area contributed by atoms with Crippen molar-refractivity contribution in [3.05, 3.63) is 27.3 Å². The molecular weight excluding hydrogens is 264 g/mol. The van der Waals surface area contributed by atoms with Gasteiger partial charge >= 0.3 is 5.97 Å². The van der Waals surface area contributed by atoms with Crippen LogP contribution in [0.2, 0.25) is 0 Å². The SMILES string of the molecule is O=C(O)c1cc(F)cnc1I. The monoisotopic (exact) mass is 267 g/mol. The van der Waals surface area contributed by atoms with Gasteiger partial charge in [-0.15, -0.1) is 0 Å². The van der Waals surface area contributed by atoms with Crippen molar-refractivity contribution < 1.29 is 14.3 Å². The highest BCUT2D eigenvalue weighted by molar-refractivity contribution is 14.1. The first kappa shape index (κ1) is 8.38. The van der Waals surface area contributed by atoms with Gasteiger partial charge in [-0.25, -0.2) is 14.2 Å². The molecule has 0 bridgehead atoms. The molecular formula is C6H3FINO2. The van der Waals surface area contributed by atoms with Gasteiger partial charge in [0, 0.05) is 0 Å². The van der Waals surface area contributed by atoms with Crippen molar-refractivity contribution in [2.24, 2.45) is 0 Å². The predicted octanol–water partition coefficient (Wildman–Crippen LogP) is 1.52. The van der Waals surface area contributed by atoms with Crippen LogP contribution >= 0.6 is 22.6 Å². The Hall–Kier alpha value is -0.720. The molecule has 1 N–H and O–H groups in total. The van der Waals surface area contributed by atoms with Crippen LogP contribution in [-0.4, -0.2) is 16.1 Å². The van der Waals surface area contributed by atoms with Crippen molar-refractivity contribution in [2.45, 2.75) is 0 Å². The molecule has 0 amide bonds. The Morgan fingerprint density at radius 2 is 2.36 bits per heavy atom. The topological polar surface area (TPSA) is 50.2 Å². The third kappa shape index (κ3) is 1.86. The van der Waals surface area contributed by atoms with E-state index in [4.69, 9.17) is 5.11 Å². The lowest BCUT2D eigenvalue weighted by molar-refractivity contribution is 0.0694. The fraction of sp³-hybridized carbons (Fsp3) is 0. The molecule has 3 nitrogen and oxygen atoms in total. The van der Waals surface area contributed by atoms with Gasteiger partial charge < -0.3 is 5.11 Å². The molecule has 0 radical (unpaired) electrons. The Balaban J connectivity index is 3.23. The van der Waals surface area contributed by atoms with Crippen LogP contribution in [0.4, 0.5) is 4.39 Å². The largest absolute Gasteiger partial charge is 0.478 e. The third-order valence-electron chi connectivity index (χ3n) is 1.04. The van der Waals surface area contributed by atoms with Gasteiger partial charge in [0.1, 0.15) is 9.52 Å². The van der Waals surface area contributed by atoms with Gasteiger partial charge in [-0.05, 0) is 28.7 Å². The summed E-state index contributed by atoms with van der Waals surface area (Å²) in [6.45, 7) is 0. The molecule has 0 unspecified atom stereocenters. The maximum Gasteiger partial charge on any atom is 0.338 e. The molecule has 0 aliphatic heterocycles. The fourth-order valence-corrected chi connectivity index (χ4v) is 1.10. The van der Waals surface area contributed by atoms with Gasteiger partial charge in [-0.3, -0.25) is 0 Å². The van der Waals surface area contributed by atoms with Gasteiger partial charge in [0.05, 0.1) is 11.8 Å². The van der Waals surface area contributed by atoms with Crippen molar-refractivity contribution in [3.63, 3.8) is 0 Å². The molecule has 0 aliphatic carbocycles. The molecule has 1 aromatic rings. The molecule has 11 heavy (non-hydrogen) atoms. The van der Waals surface area contributed by atoms with Crippen molar-refractivity contribution >= 4 is 28.6 Å². The first-order valence-corrected chi connectivity index (χ1v) is 3.73. The number of hydrogen-bond acceptors (Lipinski definition) is 2. The summed E-state index contributed by atoms with van der Waals surface area (Å²) in [6, 6.07) is 0.942. The number of hydrogen-bond donors (Lipinski definition) is 1. The van der Waals surface area contributed by atoms with Crippen molar-refractivity contribution in [3.8, 4) is 0 Å². The number of rotatable bonds is 1. The highest BCUT2D eigenvalue weighted by Crippen LogP contribution is 2.09. The Morgan fingerprint density at radius 1 is 1.73 bits per heavy atom. The van der Waals surface area contributed by atoms with Gasteiger partial charge in [0.25, 0.3) is 0 Å². The standard InChI is InChI=1S/C6H3FINO2/c7-3-1-4(6(10)11)5(8)9-2-3/h1-2H,(H,10,11). The molecule has 1 aromatic heterocycles. The van der Waals surface area contributed by atoms with Crippen LogP contribution in [0, 0.1) is 9.52 Å². The zero-order valence-electron chi connectivity index (χ0n) is 5.21. The molecule has 0 aromatic carbocycles. The average Bonchev–Trinajstić information content (AvgIpc) is 1.94. The molecule has 58 valence electrons. The Labute approximate surface area is 75.4 Å². The summed E-state index contributed by atoms with van der Waals surface area (Å²) < 4.78 is 12.7. The van der Waals surface area contributed by atoms with Crippen molar-refractivity contribution in [2.75, 3.05) is 0 Å². The van der Waals surface area contributed by atoms with Crippen LogP contribution in [0.5, 0.6) is 0 Å². The van der Waals surface area contributed by atoms with Crippen molar-refractivity contribution in [1.82, 2.24) is 4.98 Å². The highest BCUT2D eigenvalue weighted by Gasteiger charge is 2.09. The number of pyridine rings is 1. The molecule has 0 saturated heterocycles. The van der Waals surface area contributed by atoms with E-state index in [1.807, 2.05) is 0 Å². The normalized spacial score (nSPS) is 9.64. The van der Waals surface area contributed by atoms with Crippen LogP contribution in [0.1, 0.15) is 10.4 Å². The molecule has 1 rings (SSSR count). The molecule has 0 spiro atoms. The zero-order chi connectivity index (χ0) is 8.43. The van der Waals surface area contributed by atoms with Crippen LogP contribution in [0.25, 0.3) is 0 Å². The summed E-state index contributed by atoms with van der Waals surface area (Å²) in [4.78, 5) is 13.9. The molecule has 0 saturated carbocycles. The molecule has 0 fully saturated rings. The number of nitrogens with zero attached hydrogens (tertiary/aromatic N) is 1. The van der Waals surface area contributed by atoms with Crippen LogP contribution in [0.15, 0.2) is 12.3 Å².